The van der Waals surface area contributed by atoms with Crippen molar-refractivity contribution in [2.24, 2.45) is 5.92 Å². The van der Waals surface area contributed by atoms with Crippen LogP contribution in [0.3, 0.4) is 0 Å². The van der Waals surface area contributed by atoms with Crippen molar-refractivity contribution < 1.29 is 60.7 Å². The van der Waals surface area contributed by atoms with Gasteiger partial charge in [-0.25, -0.2) is 19.1 Å². The van der Waals surface area contributed by atoms with E-state index < -0.39 is 47.9 Å². The van der Waals surface area contributed by atoms with Gasteiger partial charge in [0, 0.05) is 6.42 Å². The van der Waals surface area contributed by atoms with Crippen molar-refractivity contribution in [2.75, 3.05) is 0 Å². The van der Waals surface area contributed by atoms with E-state index in [1.165, 1.54) is 39.0 Å². The van der Waals surface area contributed by atoms with E-state index in [0.29, 0.717) is 6.42 Å². The van der Waals surface area contributed by atoms with Crippen LogP contribution < -0.4 is 0 Å². The standard InChI is InChI=1S/C13H22O3.C13H16O3.C7H9F3O4/c2*1-3-13(2)11(15-12(14)16-13)9-10-7-5-4-6-8-10;1-3-6(2)4(12-5(11)14-6)13-7(8,9)10/h10-11H,3-9H2,1-2H3;4-8,11H,3,9H2,1-2H3;4H,3H2,1-2H3. The molecule has 1 saturated carbocycles. The van der Waals surface area contributed by atoms with Gasteiger partial charge in [0.25, 0.3) is 6.29 Å². The van der Waals surface area contributed by atoms with E-state index in [2.05, 4.69) is 21.1 Å². The Bertz CT molecular complexity index is 1160. The Morgan fingerprint density at radius 1 is 0.717 bits per heavy atom. The van der Waals surface area contributed by atoms with Crippen molar-refractivity contribution in [1.29, 1.82) is 0 Å². The summed E-state index contributed by atoms with van der Waals surface area (Å²) in [6.07, 6.45) is 1.04. The summed E-state index contributed by atoms with van der Waals surface area (Å²) in [5.41, 5.74) is -1.11. The second kappa shape index (κ2) is 15.6. The topological polar surface area (TPSA) is 116 Å². The first kappa shape index (κ1) is 37.2. The molecule has 3 saturated heterocycles. The molecule has 0 amide bonds. The molecule has 6 atom stereocenters. The van der Waals surface area contributed by atoms with E-state index in [1.807, 2.05) is 51.1 Å². The van der Waals surface area contributed by atoms with Gasteiger partial charge < -0.3 is 28.4 Å². The minimum Gasteiger partial charge on any atom is -0.427 e. The molecule has 4 aliphatic rings. The Hall–Kier alpha value is -3.22. The van der Waals surface area contributed by atoms with Gasteiger partial charge in [-0.2, -0.15) is 0 Å². The number of benzene rings is 1. The number of halogens is 3. The zero-order valence-corrected chi connectivity index (χ0v) is 27.5. The van der Waals surface area contributed by atoms with E-state index >= 15 is 0 Å². The number of carbonyl (C=O) groups excluding carboxylic acids is 3. The molecule has 1 aromatic carbocycles. The van der Waals surface area contributed by atoms with Gasteiger partial charge in [-0.3, -0.25) is 0 Å². The number of hydrogen-bond acceptors (Lipinski definition) is 10. The van der Waals surface area contributed by atoms with E-state index in [1.54, 1.807) is 6.92 Å². The van der Waals surface area contributed by atoms with Crippen molar-refractivity contribution in [3.63, 3.8) is 0 Å². The van der Waals surface area contributed by atoms with Gasteiger partial charge in [-0.05, 0) is 57.9 Å². The molecule has 3 heterocycles. The van der Waals surface area contributed by atoms with Crippen LogP contribution in [-0.2, 0) is 39.6 Å². The molecule has 0 spiro atoms. The smallest absolute Gasteiger partial charge is 0.427 e. The number of ether oxygens (including phenoxy) is 7. The van der Waals surface area contributed by atoms with Crippen molar-refractivity contribution in [1.82, 2.24) is 0 Å². The monoisotopic (exact) mass is 660 g/mol. The predicted octanol–water partition coefficient (Wildman–Crippen LogP) is 8.78. The molecule has 3 aliphatic heterocycles. The highest BCUT2D eigenvalue weighted by atomic mass is 19.4. The molecule has 10 nitrogen and oxygen atoms in total. The van der Waals surface area contributed by atoms with Crippen molar-refractivity contribution >= 4 is 18.5 Å². The molecule has 0 aromatic heterocycles. The lowest BCUT2D eigenvalue weighted by Gasteiger charge is -2.29. The first-order valence-corrected chi connectivity index (χ1v) is 16.0. The molecule has 13 heteroatoms. The van der Waals surface area contributed by atoms with Gasteiger partial charge in [0.05, 0.1) is 0 Å². The molecule has 0 bridgehead atoms. The summed E-state index contributed by atoms with van der Waals surface area (Å²) in [5, 5.41) is 0. The third kappa shape index (κ3) is 10.1. The van der Waals surface area contributed by atoms with Crippen LogP contribution in [0.25, 0.3) is 0 Å². The average molecular weight is 661 g/mol. The highest BCUT2D eigenvalue weighted by Gasteiger charge is 2.52. The summed E-state index contributed by atoms with van der Waals surface area (Å²) in [4.78, 5) is 33.0. The normalized spacial score (nSPS) is 32.4. The summed E-state index contributed by atoms with van der Waals surface area (Å²) in [6.45, 7) is 10.8. The maximum atomic E-state index is 11.8. The van der Waals surface area contributed by atoms with Crippen LogP contribution in [0.1, 0.15) is 105 Å². The van der Waals surface area contributed by atoms with Crippen LogP contribution in [0.15, 0.2) is 30.3 Å². The van der Waals surface area contributed by atoms with Gasteiger partial charge in [-0.15, -0.1) is 13.2 Å². The Morgan fingerprint density at radius 2 is 1.20 bits per heavy atom. The lowest BCUT2D eigenvalue weighted by Crippen LogP contribution is -2.41. The minimum atomic E-state index is -4.85. The summed E-state index contributed by atoms with van der Waals surface area (Å²) in [7, 11) is 0. The molecular weight excluding hydrogens is 613 g/mol. The van der Waals surface area contributed by atoms with Crippen LogP contribution in [-0.4, -0.2) is 60.1 Å². The number of rotatable bonds is 8. The van der Waals surface area contributed by atoms with E-state index in [0.717, 1.165) is 30.7 Å². The molecule has 4 fully saturated rings. The number of carbonyl (C=O) groups is 3. The largest absolute Gasteiger partial charge is 0.525 e. The quantitative estimate of drug-likeness (QED) is 0.198. The molecule has 46 heavy (non-hydrogen) atoms. The molecule has 1 aliphatic carbocycles. The fourth-order valence-electron chi connectivity index (χ4n) is 5.73. The zero-order chi connectivity index (χ0) is 34.2. The summed E-state index contributed by atoms with van der Waals surface area (Å²) in [6, 6.07) is 10.00. The van der Waals surface area contributed by atoms with Gasteiger partial charge in [0.15, 0.2) is 5.60 Å². The Labute approximate surface area is 268 Å². The molecule has 5 rings (SSSR count). The third-order valence-electron chi connectivity index (χ3n) is 9.37. The minimum absolute atomic E-state index is 0.0342. The summed E-state index contributed by atoms with van der Waals surface area (Å²) < 4.78 is 69.0. The average Bonchev–Trinajstić information content (AvgIpc) is 3.57. The SMILES string of the molecule is CCC1(C)OC(=O)OC1CC1CCCCC1.CCC1(C)OC(=O)OC1Cc1ccccc1.CCC1(C)OC(=O)OC1OC(F)(F)F. The summed E-state index contributed by atoms with van der Waals surface area (Å²) in [5.74, 6) is 0.721. The second-order valence-electron chi connectivity index (χ2n) is 12.7. The highest BCUT2D eigenvalue weighted by molar-refractivity contribution is 5.64. The third-order valence-corrected chi connectivity index (χ3v) is 9.37. The first-order chi connectivity index (χ1) is 21.5. The van der Waals surface area contributed by atoms with Crippen LogP contribution in [0.5, 0.6) is 0 Å². The Kier molecular flexibility index (Phi) is 12.6. The van der Waals surface area contributed by atoms with E-state index in [9.17, 15) is 27.6 Å². The van der Waals surface area contributed by atoms with E-state index in [-0.39, 0.29) is 18.6 Å². The van der Waals surface area contributed by atoms with Crippen molar-refractivity contribution in [3.8, 4) is 0 Å². The molecule has 0 radical (unpaired) electrons. The Morgan fingerprint density at radius 3 is 1.72 bits per heavy atom. The van der Waals surface area contributed by atoms with Crippen molar-refractivity contribution in [2.45, 2.75) is 147 Å². The van der Waals surface area contributed by atoms with Crippen molar-refractivity contribution in [3.05, 3.63) is 35.9 Å². The molecule has 0 N–H and O–H groups in total. The van der Waals surface area contributed by atoms with Crippen LogP contribution in [0.2, 0.25) is 0 Å². The second-order valence-corrected chi connectivity index (χ2v) is 12.7. The van der Waals surface area contributed by atoms with Crippen LogP contribution in [0.4, 0.5) is 27.6 Å². The number of cyclic esters (lactones) is 6. The lowest BCUT2D eigenvalue weighted by molar-refractivity contribution is -0.378. The van der Waals surface area contributed by atoms with Gasteiger partial charge in [0.1, 0.15) is 23.4 Å². The highest BCUT2D eigenvalue weighted by Crippen LogP contribution is 2.38. The van der Waals surface area contributed by atoms with Gasteiger partial charge >= 0.3 is 24.8 Å². The maximum Gasteiger partial charge on any atom is 0.525 e. The van der Waals surface area contributed by atoms with E-state index in [4.69, 9.17) is 18.9 Å². The zero-order valence-electron chi connectivity index (χ0n) is 27.5. The summed E-state index contributed by atoms with van der Waals surface area (Å²) >= 11 is 0. The number of alkyl halides is 3. The van der Waals surface area contributed by atoms with Crippen LogP contribution >= 0.6 is 0 Å². The van der Waals surface area contributed by atoms with Gasteiger partial charge in [-0.1, -0.05) is 83.2 Å². The number of hydrogen-bond donors (Lipinski definition) is 0. The molecule has 1 aromatic rings. The molecular formula is C33H47F3O10. The fourth-order valence-corrected chi connectivity index (χ4v) is 5.73. The predicted molar refractivity (Wildman–Crippen MR) is 159 cm³/mol. The molecule has 260 valence electrons. The Balaban J connectivity index is 0.000000188. The van der Waals surface area contributed by atoms with Crippen LogP contribution in [0, 0.1) is 5.92 Å². The maximum absolute atomic E-state index is 11.8. The first-order valence-electron chi connectivity index (χ1n) is 16.0. The lowest BCUT2D eigenvalue weighted by atomic mass is 9.81. The molecule has 6 unspecified atom stereocenters. The van der Waals surface area contributed by atoms with Gasteiger partial charge in [0.2, 0.25) is 0 Å². The fraction of sp³-hybridized carbons (Fsp3) is 0.727.